The average molecular weight is 380 g/mol. The molecule has 0 unspecified atom stereocenters. The quantitative estimate of drug-likeness (QED) is 0.433. The highest BCUT2D eigenvalue weighted by atomic mass is 16.6. The van der Waals surface area contributed by atoms with E-state index < -0.39 is 5.97 Å². The van der Waals surface area contributed by atoms with Crippen LogP contribution in [0.5, 0.6) is 11.5 Å². The second-order valence-corrected chi connectivity index (χ2v) is 5.66. The Bertz CT molecular complexity index is 947. The minimum absolute atomic E-state index is 0.116. The van der Waals surface area contributed by atoms with Gasteiger partial charge in [-0.3, -0.25) is 0 Å². The number of esters is 1. The molecular formula is C21H20N2O5. The predicted octanol–water partition coefficient (Wildman–Crippen LogP) is 3.90. The van der Waals surface area contributed by atoms with Gasteiger partial charge in [-0.05, 0) is 42.8 Å². The van der Waals surface area contributed by atoms with Crippen LogP contribution >= 0.6 is 0 Å². The second kappa shape index (κ2) is 9.36. The van der Waals surface area contributed by atoms with Crippen LogP contribution in [0.4, 0.5) is 0 Å². The standard InChI is InChI=1S/C21H20N2O5/c1-3-26-16-11-8-15(9-12-16)10-13-20(24)27-14-19-22-21(23-28-19)17-6-4-5-7-18(17)25-2/h4-13H,3,14H2,1-2H3/b13-10+. The third-order valence-corrected chi connectivity index (χ3v) is 3.76. The zero-order valence-corrected chi connectivity index (χ0v) is 15.6. The smallest absolute Gasteiger partial charge is 0.331 e. The Morgan fingerprint density at radius 1 is 1.14 bits per heavy atom. The summed E-state index contributed by atoms with van der Waals surface area (Å²) in [5.74, 6) is 1.47. The summed E-state index contributed by atoms with van der Waals surface area (Å²) in [4.78, 5) is 16.1. The first-order valence-electron chi connectivity index (χ1n) is 8.73. The van der Waals surface area contributed by atoms with Gasteiger partial charge in [0.05, 0.1) is 19.3 Å². The van der Waals surface area contributed by atoms with Gasteiger partial charge in [-0.2, -0.15) is 4.98 Å². The summed E-state index contributed by atoms with van der Waals surface area (Å²) in [6, 6.07) is 14.7. The molecule has 0 amide bonds. The first-order valence-corrected chi connectivity index (χ1v) is 8.73. The number of carbonyl (C=O) groups excluding carboxylic acids is 1. The summed E-state index contributed by atoms with van der Waals surface area (Å²) < 4.78 is 20.9. The summed E-state index contributed by atoms with van der Waals surface area (Å²) in [5, 5.41) is 3.90. The van der Waals surface area contributed by atoms with Gasteiger partial charge in [-0.1, -0.05) is 29.4 Å². The van der Waals surface area contributed by atoms with Gasteiger partial charge in [0.25, 0.3) is 5.89 Å². The molecule has 2 aromatic carbocycles. The third-order valence-electron chi connectivity index (χ3n) is 3.76. The van der Waals surface area contributed by atoms with E-state index in [4.69, 9.17) is 18.7 Å². The molecule has 0 N–H and O–H groups in total. The Hall–Kier alpha value is -3.61. The van der Waals surface area contributed by atoms with Crippen LogP contribution in [0.1, 0.15) is 18.4 Å². The van der Waals surface area contributed by atoms with Crippen molar-refractivity contribution in [2.45, 2.75) is 13.5 Å². The van der Waals surface area contributed by atoms with E-state index in [-0.39, 0.29) is 12.5 Å². The van der Waals surface area contributed by atoms with Crippen LogP contribution in [0, 0.1) is 0 Å². The zero-order chi connectivity index (χ0) is 19.8. The summed E-state index contributed by atoms with van der Waals surface area (Å²) in [7, 11) is 1.57. The Morgan fingerprint density at radius 3 is 2.68 bits per heavy atom. The first kappa shape index (κ1) is 19.2. The van der Waals surface area contributed by atoms with Gasteiger partial charge in [0.1, 0.15) is 11.5 Å². The van der Waals surface area contributed by atoms with Crippen LogP contribution in [0.15, 0.2) is 59.1 Å². The summed E-state index contributed by atoms with van der Waals surface area (Å²) in [5.41, 5.74) is 1.55. The fourth-order valence-electron chi connectivity index (χ4n) is 2.44. The predicted molar refractivity (Wildman–Crippen MR) is 103 cm³/mol. The number of carbonyl (C=O) groups is 1. The third kappa shape index (κ3) is 4.97. The minimum atomic E-state index is -0.508. The SMILES string of the molecule is CCOc1ccc(/C=C/C(=O)OCc2nc(-c3ccccc3OC)no2)cc1. The molecule has 0 aliphatic heterocycles. The van der Waals surface area contributed by atoms with E-state index in [2.05, 4.69) is 10.1 Å². The van der Waals surface area contributed by atoms with Gasteiger partial charge in [-0.25, -0.2) is 4.79 Å². The Kier molecular flexibility index (Phi) is 6.41. The maximum atomic E-state index is 11.9. The molecule has 28 heavy (non-hydrogen) atoms. The molecule has 0 spiro atoms. The molecule has 0 saturated carbocycles. The largest absolute Gasteiger partial charge is 0.496 e. The molecule has 144 valence electrons. The van der Waals surface area contributed by atoms with Crippen LogP contribution in [-0.2, 0) is 16.1 Å². The van der Waals surface area contributed by atoms with E-state index in [1.807, 2.05) is 49.4 Å². The monoisotopic (exact) mass is 380 g/mol. The lowest BCUT2D eigenvalue weighted by atomic mass is 10.2. The number of rotatable bonds is 8. The van der Waals surface area contributed by atoms with Crippen molar-refractivity contribution in [2.75, 3.05) is 13.7 Å². The number of hydrogen-bond donors (Lipinski definition) is 0. The molecule has 0 radical (unpaired) electrons. The molecule has 1 heterocycles. The zero-order valence-electron chi connectivity index (χ0n) is 15.6. The van der Waals surface area contributed by atoms with Gasteiger partial charge >= 0.3 is 5.97 Å². The van der Waals surface area contributed by atoms with Crippen molar-refractivity contribution < 1.29 is 23.5 Å². The van der Waals surface area contributed by atoms with E-state index in [1.165, 1.54) is 6.08 Å². The molecular weight excluding hydrogens is 360 g/mol. The van der Waals surface area contributed by atoms with E-state index in [9.17, 15) is 4.79 Å². The van der Waals surface area contributed by atoms with Gasteiger partial charge < -0.3 is 18.7 Å². The molecule has 0 atom stereocenters. The maximum absolute atomic E-state index is 11.9. The summed E-state index contributed by atoms with van der Waals surface area (Å²) in [6.07, 6.45) is 3.00. The van der Waals surface area contributed by atoms with Crippen LogP contribution < -0.4 is 9.47 Å². The van der Waals surface area contributed by atoms with Crippen molar-refractivity contribution in [3.8, 4) is 22.9 Å². The van der Waals surface area contributed by atoms with Gasteiger partial charge in [0, 0.05) is 6.08 Å². The molecule has 0 aliphatic rings. The molecule has 3 rings (SSSR count). The lowest BCUT2D eigenvalue weighted by Crippen LogP contribution is -2.01. The lowest BCUT2D eigenvalue weighted by Gasteiger charge is -2.03. The molecule has 0 fully saturated rings. The number of aromatic nitrogens is 2. The van der Waals surface area contributed by atoms with E-state index >= 15 is 0 Å². The van der Waals surface area contributed by atoms with Crippen molar-refractivity contribution in [1.29, 1.82) is 0 Å². The average Bonchev–Trinajstić information content (AvgIpc) is 3.21. The van der Waals surface area contributed by atoms with Crippen LogP contribution in [0.25, 0.3) is 17.5 Å². The summed E-state index contributed by atoms with van der Waals surface area (Å²) >= 11 is 0. The highest BCUT2D eigenvalue weighted by Gasteiger charge is 2.13. The van der Waals surface area contributed by atoms with Crippen molar-refractivity contribution in [2.24, 2.45) is 0 Å². The Balaban J connectivity index is 1.55. The van der Waals surface area contributed by atoms with E-state index in [0.717, 1.165) is 11.3 Å². The summed E-state index contributed by atoms with van der Waals surface area (Å²) in [6.45, 7) is 2.41. The van der Waals surface area contributed by atoms with Gasteiger partial charge in [-0.15, -0.1) is 0 Å². The van der Waals surface area contributed by atoms with Crippen molar-refractivity contribution >= 4 is 12.0 Å². The fourth-order valence-corrected chi connectivity index (χ4v) is 2.44. The van der Waals surface area contributed by atoms with E-state index in [0.29, 0.717) is 23.7 Å². The van der Waals surface area contributed by atoms with Gasteiger partial charge in [0.2, 0.25) is 5.82 Å². The lowest BCUT2D eigenvalue weighted by molar-refractivity contribution is -0.139. The van der Waals surface area contributed by atoms with E-state index in [1.54, 1.807) is 19.3 Å². The normalized spacial score (nSPS) is 10.8. The van der Waals surface area contributed by atoms with Crippen LogP contribution in [0.2, 0.25) is 0 Å². The number of benzene rings is 2. The number of methoxy groups -OCH3 is 1. The van der Waals surface area contributed by atoms with Crippen molar-refractivity contribution in [3.05, 3.63) is 66.1 Å². The van der Waals surface area contributed by atoms with Crippen LogP contribution in [-0.4, -0.2) is 29.8 Å². The molecule has 0 saturated heterocycles. The second-order valence-electron chi connectivity index (χ2n) is 5.66. The first-order chi connectivity index (χ1) is 13.7. The maximum Gasteiger partial charge on any atom is 0.331 e. The number of hydrogen-bond acceptors (Lipinski definition) is 7. The highest BCUT2D eigenvalue weighted by Crippen LogP contribution is 2.27. The fraction of sp³-hybridized carbons (Fsp3) is 0.190. The molecule has 1 aromatic heterocycles. The van der Waals surface area contributed by atoms with Crippen LogP contribution in [0.3, 0.4) is 0 Å². The number of ether oxygens (including phenoxy) is 3. The molecule has 3 aromatic rings. The highest BCUT2D eigenvalue weighted by molar-refractivity contribution is 5.87. The number of nitrogens with zero attached hydrogens (tertiary/aromatic N) is 2. The number of para-hydroxylation sites is 1. The topological polar surface area (TPSA) is 83.7 Å². The minimum Gasteiger partial charge on any atom is -0.496 e. The van der Waals surface area contributed by atoms with Crippen molar-refractivity contribution in [3.63, 3.8) is 0 Å². The van der Waals surface area contributed by atoms with Gasteiger partial charge in [0.15, 0.2) is 6.61 Å². The molecule has 0 bridgehead atoms. The molecule has 7 nitrogen and oxygen atoms in total. The Morgan fingerprint density at radius 2 is 1.93 bits per heavy atom. The molecule has 0 aliphatic carbocycles. The van der Waals surface area contributed by atoms with Crippen molar-refractivity contribution in [1.82, 2.24) is 10.1 Å². The molecule has 7 heteroatoms. The Labute approximate surface area is 162 Å².